The molecule has 0 aliphatic carbocycles. The number of hydrogen-bond donors (Lipinski definition) is 0. The van der Waals surface area contributed by atoms with Crippen LogP contribution in [0.5, 0.6) is 11.5 Å². The molecule has 0 spiro atoms. The third-order valence-electron chi connectivity index (χ3n) is 2.17. The first-order valence-corrected chi connectivity index (χ1v) is 6.79. The number of rotatable bonds is 3. The molecule has 1 nitrogen and oxygen atoms in total. The zero-order valence-corrected chi connectivity index (χ0v) is 11.7. The summed E-state index contributed by atoms with van der Waals surface area (Å²) in [7, 11) is 0. The SMILES string of the molecule is BrCc1ccccc1Oc1ccccc1Br. The predicted molar refractivity (Wildman–Crippen MR) is 73.3 cm³/mol. The van der Waals surface area contributed by atoms with Crippen LogP contribution in [0.3, 0.4) is 0 Å². The Kier molecular flexibility index (Phi) is 4.02. The van der Waals surface area contributed by atoms with Crippen LogP contribution in [0, 0.1) is 0 Å². The Labute approximate surface area is 112 Å². The van der Waals surface area contributed by atoms with Crippen LogP contribution in [0.4, 0.5) is 0 Å². The van der Waals surface area contributed by atoms with Crippen LogP contribution in [0.2, 0.25) is 0 Å². The van der Waals surface area contributed by atoms with E-state index in [9.17, 15) is 0 Å². The van der Waals surface area contributed by atoms with Gasteiger partial charge in [0.2, 0.25) is 0 Å². The summed E-state index contributed by atoms with van der Waals surface area (Å²) in [6, 6.07) is 15.8. The van der Waals surface area contributed by atoms with E-state index >= 15 is 0 Å². The molecular weight excluding hydrogens is 332 g/mol. The van der Waals surface area contributed by atoms with Gasteiger partial charge in [-0.3, -0.25) is 0 Å². The van der Waals surface area contributed by atoms with Crippen LogP contribution < -0.4 is 4.74 Å². The van der Waals surface area contributed by atoms with Gasteiger partial charge in [-0.25, -0.2) is 0 Å². The summed E-state index contributed by atoms with van der Waals surface area (Å²) < 4.78 is 6.81. The van der Waals surface area contributed by atoms with Crippen molar-refractivity contribution in [2.24, 2.45) is 0 Å². The van der Waals surface area contributed by atoms with Crippen LogP contribution >= 0.6 is 31.9 Å². The molecule has 0 aliphatic heterocycles. The standard InChI is InChI=1S/C13H10Br2O/c14-9-10-5-1-3-7-12(10)16-13-8-4-2-6-11(13)15/h1-8H,9H2. The molecule has 82 valence electrons. The molecule has 2 aromatic carbocycles. The zero-order chi connectivity index (χ0) is 11.4. The summed E-state index contributed by atoms with van der Waals surface area (Å²) >= 11 is 6.91. The molecule has 0 fully saturated rings. The van der Waals surface area contributed by atoms with Crippen LogP contribution in [0.15, 0.2) is 53.0 Å². The van der Waals surface area contributed by atoms with Gasteiger partial charge in [-0.05, 0) is 34.1 Å². The van der Waals surface area contributed by atoms with Crippen LogP contribution in [0.1, 0.15) is 5.56 Å². The summed E-state index contributed by atoms with van der Waals surface area (Å²) in [6.45, 7) is 0. The largest absolute Gasteiger partial charge is 0.456 e. The van der Waals surface area contributed by atoms with E-state index in [-0.39, 0.29) is 0 Å². The molecule has 0 N–H and O–H groups in total. The molecule has 0 saturated heterocycles. The van der Waals surface area contributed by atoms with E-state index in [2.05, 4.69) is 31.9 Å². The first-order chi connectivity index (χ1) is 7.81. The van der Waals surface area contributed by atoms with Gasteiger partial charge in [-0.2, -0.15) is 0 Å². The van der Waals surface area contributed by atoms with E-state index in [0.29, 0.717) is 0 Å². The number of para-hydroxylation sites is 2. The van der Waals surface area contributed by atoms with Crippen molar-refractivity contribution >= 4 is 31.9 Å². The Morgan fingerprint density at radius 1 is 0.875 bits per heavy atom. The molecule has 0 amide bonds. The number of benzene rings is 2. The maximum atomic E-state index is 5.85. The van der Waals surface area contributed by atoms with Crippen molar-refractivity contribution in [3.05, 3.63) is 58.6 Å². The lowest BCUT2D eigenvalue weighted by molar-refractivity contribution is 0.475. The minimum Gasteiger partial charge on any atom is -0.456 e. The van der Waals surface area contributed by atoms with Crippen molar-refractivity contribution in [2.75, 3.05) is 0 Å². The lowest BCUT2D eigenvalue weighted by Gasteiger charge is -2.10. The van der Waals surface area contributed by atoms with E-state index in [1.165, 1.54) is 0 Å². The lowest BCUT2D eigenvalue weighted by Crippen LogP contribution is -1.89. The average Bonchev–Trinajstić information content (AvgIpc) is 2.33. The van der Waals surface area contributed by atoms with Crippen molar-refractivity contribution in [3.8, 4) is 11.5 Å². The molecule has 0 aromatic heterocycles. The van der Waals surface area contributed by atoms with Gasteiger partial charge in [-0.1, -0.05) is 46.3 Å². The van der Waals surface area contributed by atoms with Gasteiger partial charge in [0.15, 0.2) is 0 Å². The van der Waals surface area contributed by atoms with Gasteiger partial charge in [0, 0.05) is 10.9 Å². The molecule has 0 unspecified atom stereocenters. The first kappa shape index (κ1) is 11.7. The first-order valence-electron chi connectivity index (χ1n) is 4.87. The van der Waals surface area contributed by atoms with Gasteiger partial charge in [0.1, 0.15) is 11.5 Å². The van der Waals surface area contributed by atoms with E-state index in [4.69, 9.17) is 4.74 Å². The second kappa shape index (κ2) is 5.51. The van der Waals surface area contributed by atoms with Crippen LogP contribution in [0.25, 0.3) is 0 Å². The van der Waals surface area contributed by atoms with Gasteiger partial charge in [0.25, 0.3) is 0 Å². The topological polar surface area (TPSA) is 9.23 Å². The summed E-state index contributed by atoms with van der Waals surface area (Å²) in [5.74, 6) is 1.71. The number of hydrogen-bond acceptors (Lipinski definition) is 1. The summed E-state index contributed by atoms with van der Waals surface area (Å²) in [4.78, 5) is 0. The van der Waals surface area contributed by atoms with E-state index < -0.39 is 0 Å². The number of ether oxygens (including phenoxy) is 1. The highest BCUT2D eigenvalue weighted by Crippen LogP contribution is 2.31. The highest BCUT2D eigenvalue weighted by molar-refractivity contribution is 9.10. The highest BCUT2D eigenvalue weighted by atomic mass is 79.9. The molecule has 0 radical (unpaired) electrons. The normalized spacial score (nSPS) is 10.1. The van der Waals surface area contributed by atoms with E-state index in [0.717, 1.165) is 26.9 Å². The Hall–Kier alpha value is -0.800. The summed E-state index contributed by atoms with van der Waals surface area (Å²) in [5, 5.41) is 0.785. The molecule has 0 aliphatic rings. The molecule has 0 atom stereocenters. The minimum absolute atomic E-state index is 0.785. The highest BCUT2D eigenvalue weighted by Gasteiger charge is 2.05. The van der Waals surface area contributed by atoms with Crippen LogP contribution in [-0.2, 0) is 5.33 Å². The van der Waals surface area contributed by atoms with Crippen molar-refractivity contribution in [3.63, 3.8) is 0 Å². The smallest absolute Gasteiger partial charge is 0.141 e. The minimum atomic E-state index is 0.785. The van der Waals surface area contributed by atoms with Crippen molar-refractivity contribution in [2.45, 2.75) is 5.33 Å². The Morgan fingerprint density at radius 3 is 2.19 bits per heavy atom. The third kappa shape index (κ3) is 2.66. The van der Waals surface area contributed by atoms with Gasteiger partial charge < -0.3 is 4.74 Å². The van der Waals surface area contributed by atoms with Gasteiger partial charge in [-0.15, -0.1) is 0 Å². The zero-order valence-electron chi connectivity index (χ0n) is 8.49. The second-order valence-electron chi connectivity index (χ2n) is 3.27. The maximum Gasteiger partial charge on any atom is 0.141 e. The predicted octanol–water partition coefficient (Wildman–Crippen LogP) is 5.14. The average molecular weight is 342 g/mol. The molecule has 0 saturated carbocycles. The number of alkyl halides is 1. The Balaban J connectivity index is 2.30. The molecule has 16 heavy (non-hydrogen) atoms. The van der Waals surface area contributed by atoms with E-state index in [1.807, 2.05) is 48.5 Å². The molecule has 3 heteroatoms. The molecule has 0 bridgehead atoms. The van der Waals surface area contributed by atoms with Gasteiger partial charge in [0.05, 0.1) is 4.47 Å². The van der Waals surface area contributed by atoms with Crippen LogP contribution in [-0.4, -0.2) is 0 Å². The van der Waals surface area contributed by atoms with E-state index in [1.54, 1.807) is 0 Å². The molecule has 0 heterocycles. The van der Waals surface area contributed by atoms with Gasteiger partial charge >= 0.3 is 0 Å². The quantitative estimate of drug-likeness (QED) is 0.702. The molecular formula is C13H10Br2O. The molecule has 2 aromatic rings. The summed E-state index contributed by atoms with van der Waals surface area (Å²) in [5.41, 5.74) is 1.14. The monoisotopic (exact) mass is 340 g/mol. The van der Waals surface area contributed by atoms with Crippen molar-refractivity contribution < 1.29 is 4.74 Å². The van der Waals surface area contributed by atoms with Crippen molar-refractivity contribution in [1.29, 1.82) is 0 Å². The lowest BCUT2D eigenvalue weighted by atomic mass is 10.2. The summed E-state index contributed by atoms with van der Waals surface area (Å²) in [6.07, 6.45) is 0. The fourth-order valence-electron chi connectivity index (χ4n) is 1.36. The Bertz CT molecular complexity index is 483. The fraction of sp³-hybridized carbons (Fsp3) is 0.0769. The fourth-order valence-corrected chi connectivity index (χ4v) is 2.19. The number of halogens is 2. The Morgan fingerprint density at radius 2 is 1.50 bits per heavy atom. The second-order valence-corrected chi connectivity index (χ2v) is 4.69. The van der Waals surface area contributed by atoms with Crippen molar-refractivity contribution in [1.82, 2.24) is 0 Å². The maximum absolute atomic E-state index is 5.85. The third-order valence-corrected chi connectivity index (χ3v) is 3.43. The molecule has 2 rings (SSSR count).